The Balaban J connectivity index is 1.92. The number of nitrogens with zero attached hydrogens (tertiary/aromatic N) is 1. The first-order chi connectivity index (χ1) is 6.88. The first kappa shape index (κ1) is 11.4. The first-order valence-corrected chi connectivity index (χ1v) is 7.43. The average molecular weight is 232 g/mol. The summed E-state index contributed by atoms with van der Waals surface area (Å²) in [5.74, 6) is 0.725. The minimum absolute atomic E-state index is 0.0476. The fourth-order valence-electron chi connectivity index (χ4n) is 2.46. The van der Waals surface area contributed by atoms with E-state index in [0.717, 1.165) is 32.4 Å². The molecule has 1 unspecified atom stereocenters. The second-order valence-electron chi connectivity index (χ2n) is 5.25. The Morgan fingerprint density at radius 3 is 2.40 bits per heavy atom. The summed E-state index contributed by atoms with van der Waals surface area (Å²) in [4.78, 5) is 2.30. The normalized spacial score (nSPS) is 35.5. The highest BCUT2D eigenvalue weighted by Gasteiger charge is 2.35. The van der Waals surface area contributed by atoms with Crippen LogP contribution in [0.2, 0.25) is 0 Å². The molecular weight excluding hydrogens is 212 g/mol. The smallest absolute Gasteiger partial charge is 0.151 e. The molecule has 0 aromatic carbocycles. The predicted octanol–water partition coefficient (Wildman–Crippen LogP) is -0.0133. The SMILES string of the molecule is CC1(N)CCN(C2CCS(=O)(=O)C2)CC1. The summed E-state index contributed by atoms with van der Waals surface area (Å²) in [6.45, 7) is 3.98. The van der Waals surface area contributed by atoms with Gasteiger partial charge in [0.1, 0.15) is 0 Å². The quantitative estimate of drug-likeness (QED) is 0.690. The molecule has 0 bridgehead atoms. The zero-order chi connectivity index (χ0) is 11.1. The van der Waals surface area contributed by atoms with E-state index in [4.69, 9.17) is 5.73 Å². The molecule has 1 atom stereocenters. The van der Waals surface area contributed by atoms with Gasteiger partial charge in [-0.3, -0.25) is 4.90 Å². The van der Waals surface area contributed by atoms with Crippen LogP contribution in [0.15, 0.2) is 0 Å². The topological polar surface area (TPSA) is 63.4 Å². The second kappa shape index (κ2) is 3.71. The van der Waals surface area contributed by atoms with Gasteiger partial charge in [-0.25, -0.2) is 8.42 Å². The van der Waals surface area contributed by atoms with Gasteiger partial charge in [0, 0.05) is 24.7 Å². The lowest BCUT2D eigenvalue weighted by molar-refractivity contribution is 0.134. The maximum absolute atomic E-state index is 11.4. The zero-order valence-electron chi connectivity index (χ0n) is 9.28. The van der Waals surface area contributed by atoms with Crippen molar-refractivity contribution in [2.24, 2.45) is 5.73 Å². The van der Waals surface area contributed by atoms with Gasteiger partial charge in [-0.15, -0.1) is 0 Å². The van der Waals surface area contributed by atoms with Crippen LogP contribution in [-0.4, -0.2) is 49.5 Å². The third-order valence-corrected chi connectivity index (χ3v) is 5.42. The largest absolute Gasteiger partial charge is 0.325 e. The van der Waals surface area contributed by atoms with Gasteiger partial charge in [-0.05, 0) is 26.2 Å². The maximum atomic E-state index is 11.4. The number of piperidine rings is 1. The summed E-state index contributed by atoms with van der Waals surface area (Å²) in [7, 11) is -2.75. The first-order valence-electron chi connectivity index (χ1n) is 5.61. The molecule has 2 rings (SSSR count). The minimum Gasteiger partial charge on any atom is -0.325 e. The third-order valence-electron chi connectivity index (χ3n) is 3.67. The molecule has 0 aromatic rings. The Morgan fingerprint density at radius 1 is 1.33 bits per heavy atom. The molecule has 0 aromatic heterocycles. The Bertz CT molecular complexity index is 327. The molecule has 2 heterocycles. The average Bonchev–Trinajstić information content (AvgIpc) is 2.46. The molecule has 0 saturated carbocycles. The summed E-state index contributed by atoms with van der Waals surface area (Å²) in [5.41, 5.74) is 6.00. The molecular formula is C10H20N2O2S. The van der Waals surface area contributed by atoms with Gasteiger partial charge in [0.05, 0.1) is 11.5 Å². The number of hydrogen-bond donors (Lipinski definition) is 1. The molecule has 15 heavy (non-hydrogen) atoms. The van der Waals surface area contributed by atoms with E-state index in [0.29, 0.717) is 11.5 Å². The molecule has 4 nitrogen and oxygen atoms in total. The van der Waals surface area contributed by atoms with Crippen LogP contribution in [0, 0.1) is 0 Å². The highest BCUT2D eigenvalue weighted by molar-refractivity contribution is 7.91. The van der Waals surface area contributed by atoms with Crippen molar-refractivity contribution in [3.63, 3.8) is 0 Å². The van der Waals surface area contributed by atoms with Gasteiger partial charge in [0.25, 0.3) is 0 Å². The Hall–Kier alpha value is -0.130. The van der Waals surface area contributed by atoms with Crippen LogP contribution in [0.5, 0.6) is 0 Å². The van der Waals surface area contributed by atoms with Crippen LogP contribution in [0.3, 0.4) is 0 Å². The number of rotatable bonds is 1. The van der Waals surface area contributed by atoms with E-state index in [1.54, 1.807) is 0 Å². The summed E-state index contributed by atoms with van der Waals surface area (Å²) in [6.07, 6.45) is 2.76. The Morgan fingerprint density at radius 2 is 1.93 bits per heavy atom. The molecule has 0 radical (unpaired) electrons. The van der Waals surface area contributed by atoms with Crippen molar-refractivity contribution in [2.75, 3.05) is 24.6 Å². The van der Waals surface area contributed by atoms with Crippen LogP contribution in [0.4, 0.5) is 0 Å². The monoisotopic (exact) mass is 232 g/mol. The van der Waals surface area contributed by atoms with E-state index in [1.165, 1.54) is 0 Å². The fourth-order valence-corrected chi connectivity index (χ4v) is 4.22. The van der Waals surface area contributed by atoms with Crippen LogP contribution in [0.1, 0.15) is 26.2 Å². The summed E-state index contributed by atoms with van der Waals surface area (Å²) >= 11 is 0. The van der Waals surface area contributed by atoms with E-state index < -0.39 is 9.84 Å². The summed E-state index contributed by atoms with van der Waals surface area (Å²) in [6, 6.07) is 0.256. The van der Waals surface area contributed by atoms with Gasteiger partial charge >= 0.3 is 0 Å². The van der Waals surface area contributed by atoms with E-state index >= 15 is 0 Å². The predicted molar refractivity (Wildman–Crippen MR) is 60.5 cm³/mol. The molecule has 2 fully saturated rings. The van der Waals surface area contributed by atoms with Gasteiger partial charge in [0.15, 0.2) is 9.84 Å². The van der Waals surface area contributed by atoms with Crippen molar-refractivity contribution in [2.45, 2.75) is 37.8 Å². The molecule has 2 aliphatic heterocycles. The molecule has 0 amide bonds. The number of sulfone groups is 1. The number of nitrogens with two attached hydrogens (primary N) is 1. The zero-order valence-corrected chi connectivity index (χ0v) is 10.1. The van der Waals surface area contributed by atoms with Gasteiger partial charge in [-0.2, -0.15) is 0 Å². The number of likely N-dealkylation sites (tertiary alicyclic amines) is 1. The van der Waals surface area contributed by atoms with E-state index in [-0.39, 0.29) is 11.6 Å². The maximum Gasteiger partial charge on any atom is 0.151 e. The summed E-state index contributed by atoms with van der Waals surface area (Å²) in [5, 5.41) is 0. The lowest BCUT2D eigenvalue weighted by Gasteiger charge is -2.39. The molecule has 0 spiro atoms. The second-order valence-corrected chi connectivity index (χ2v) is 7.48. The summed E-state index contributed by atoms with van der Waals surface area (Å²) < 4.78 is 22.7. The van der Waals surface area contributed by atoms with E-state index in [2.05, 4.69) is 11.8 Å². The van der Waals surface area contributed by atoms with Gasteiger partial charge < -0.3 is 5.73 Å². The van der Waals surface area contributed by atoms with Crippen LogP contribution < -0.4 is 5.73 Å². The van der Waals surface area contributed by atoms with Gasteiger partial charge in [0.2, 0.25) is 0 Å². The van der Waals surface area contributed by atoms with Crippen molar-refractivity contribution in [3.05, 3.63) is 0 Å². The molecule has 88 valence electrons. The molecule has 5 heteroatoms. The Labute approximate surface area is 91.7 Å². The molecule has 2 aliphatic rings. The standard InChI is InChI=1S/C10H20N2O2S/c1-10(11)3-5-12(6-4-10)9-2-7-15(13,14)8-9/h9H,2-8,11H2,1H3. The molecule has 2 saturated heterocycles. The third kappa shape index (κ3) is 2.71. The van der Waals surface area contributed by atoms with E-state index in [9.17, 15) is 8.42 Å². The highest BCUT2D eigenvalue weighted by atomic mass is 32.2. The minimum atomic E-state index is -2.75. The Kier molecular flexibility index (Phi) is 2.81. The highest BCUT2D eigenvalue weighted by Crippen LogP contribution is 2.25. The number of hydrogen-bond acceptors (Lipinski definition) is 4. The molecule has 0 aliphatic carbocycles. The van der Waals surface area contributed by atoms with Crippen molar-refractivity contribution >= 4 is 9.84 Å². The van der Waals surface area contributed by atoms with Crippen LogP contribution in [-0.2, 0) is 9.84 Å². The van der Waals surface area contributed by atoms with E-state index in [1.807, 2.05) is 0 Å². The van der Waals surface area contributed by atoms with Crippen LogP contribution in [0.25, 0.3) is 0 Å². The fraction of sp³-hybridized carbons (Fsp3) is 1.00. The lowest BCUT2D eigenvalue weighted by Crippen LogP contribution is -2.51. The van der Waals surface area contributed by atoms with Crippen LogP contribution >= 0.6 is 0 Å². The van der Waals surface area contributed by atoms with Crippen molar-refractivity contribution < 1.29 is 8.42 Å². The lowest BCUT2D eigenvalue weighted by atomic mass is 9.90. The molecule has 2 N–H and O–H groups in total. The van der Waals surface area contributed by atoms with Crippen molar-refractivity contribution in [3.8, 4) is 0 Å². The van der Waals surface area contributed by atoms with Crippen molar-refractivity contribution in [1.82, 2.24) is 4.90 Å². The van der Waals surface area contributed by atoms with Gasteiger partial charge in [-0.1, -0.05) is 0 Å². The van der Waals surface area contributed by atoms with Crippen molar-refractivity contribution in [1.29, 1.82) is 0 Å².